The van der Waals surface area contributed by atoms with E-state index in [2.05, 4.69) is 4.98 Å². The summed E-state index contributed by atoms with van der Waals surface area (Å²) in [4.78, 5) is 4.34. The highest BCUT2D eigenvalue weighted by Gasteiger charge is 2.39. The molecule has 0 bridgehead atoms. The Balaban J connectivity index is 2.14. The van der Waals surface area contributed by atoms with Gasteiger partial charge >= 0.3 is 7.12 Å². The highest BCUT2D eigenvalue weighted by atomic mass is 32.2. The van der Waals surface area contributed by atoms with Crippen molar-refractivity contribution in [3.05, 3.63) is 48.2 Å². The van der Waals surface area contributed by atoms with Gasteiger partial charge in [-0.3, -0.25) is 0 Å². The molecule has 1 aromatic carbocycles. The summed E-state index contributed by atoms with van der Waals surface area (Å²) in [6, 6.07) is 9.29. The summed E-state index contributed by atoms with van der Waals surface area (Å²) in [6.45, 7) is 1.77. The summed E-state index contributed by atoms with van der Waals surface area (Å²) >= 11 is 0. The van der Waals surface area contributed by atoms with Crippen LogP contribution in [0.4, 0.5) is 5.82 Å². The van der Waals surface area contributed by atoms with Gasteiger partial charge in [-0.25, -0.2) is 17.7 Å². The number of fused-ring (bicyclic) bond motifs is 1. The van der Waals surface area contributed by atoms with Crippen LogP contribution in [0.2, 0.25) is 0 Å². The SMILES string of the molecule is CC1Cc2c(B(O)O)ccnc2N1S(=O)(=O)c1ccccc1. The van der Waals surface area contributed by atoms with Crippen molar-refractivity contribution in [3.8, 4) is 0 Å². The predicted molar refractivity (Wildman–Crippen MR) is 83.3 cm³/mol. The molecule has 2 heterocycles. The van der Waals surface area contributed by atoms with Crippen molar-refractivity contribution in [1.82, 2.24) is 4.98 Å². The van der Waals surface area contributed by atoms with E-state index >= 15 is 0 Å². The molecule has 0 saturated carbocycles. The zero-order valence-electron chi connectivity index (χ0n) is 11.9. The number of aromatic nitrogens is 1. The quantitative estimate of drug-likeness (QED) is 0.772. The average Bonchev–Trinajstić information content (AvgIpc) is 2.84. The molecule has 0 radical (unpaired) electrons. The monoisotopic (exact) mass is 318 g/mol. The molecule has 1 unspecified atom stereocenters. The van der Waals surface area contributed by atoms with Crippen molar-refractivity contribution < 1.29 is 18.5 Å². The van der Waals surface area contributed by atoms with Crippen molar-refractivity contribution in [2.24, 2.45) is 0 Å². The zero-order chi connectivity index (χ0) is 15.9. The second kappa shape index (κ2) is 5.38. The molecule has 2 aromatic rings. The minimum absolute atomic E-state index is 0.187. The Labute approximate surface area is 129 Å². The first-order chi connectivity index (χ1) is 10.4. The van der Waals surface area contributed by atoms with Gasteiger partial charge in [0.15, 0.2) is 0 Å². The van der Waals surface area contributed by atoms with Crippen LogP contribution in [0.3, 0.4) is 0 Å². The average molecular weight is 318 g/mol. The van der Waals surface area contributed by atoms with Crippen LogP contribution in [0, 0.1) is 0 Å². The number of nitrogens with zero attached hydrogens (tertiary/aromatic N) is 2. The van der Waals surface area contributed by atoms with Crippen LogP contribution < -0.4 is 9.77 Å². The van der Waals surface area contributed by atoms with Crippen molar-refractivity contribution >= 4 is 28.4 Å². The summed E-state index contributed by atoms with van der Waals surface area (Å²) in [6.07, 6.45) is 1.78. The summed E-state index contributed by atoms with van der Waals surface area (Å²) in [7, 11) is -5.39. The first kappa shape index (κ1) is 15.0. The van der Waals surface area contributed by atoms with Gasteiger partial charge in [-0.1, -0.05) is 18.2 Å². The Morgan fingerprint density at radius 3 is 2.55 bits per heavy atom. The Kier molecular flexibility index (Phi) is 3.68. The highest BCUT2D eigenvalue weighted by Crippen LogP contribution is 2.34. The van der Waals surface area contributed by atoms with Gasteiger partial charge in [0, 0.05) is 12.2 Å². The van der Waals surface area contributed by atoms with Crippen LogP contribution in [0.15, 0.2) is 47.5 Å². The summed E-state index contributed by atoms with van der Waals surface area (Å²) in [5, 5.41) is 18.9. The fraction of sp³-hybridized carbons (Fsp3) is 0.214. The molecule has 22 heavy (non-hydrogen) atoms. The standard InChI is InChI=1S/C14H15BN2O4S/c1-10-9-12-13(15(18)19)7-8-16-14(12)17(10)22(20,21)11-5-3-2-4-6-11/h2-8,10,18-19H,9H2,1H3. The lowest BCUT2D eigenvalue weighted by Crippen LogP contribution is -2.36. The van der Waals surface area contributed by atoms with Gasteiger partial charge in [-0.05, 0) is 42.6 Å². The van der Waals surface area contributed by atoms with E-state index in [0.717, 1.165) is 0 Å². The van der Waals surface area contributed by atoms with Gasteiger partial charge in [0.1, 0.15) is 5.82 Å². The lowest BCUT2D eigenvalue weighted by Gasteiger charge is -2.23. The van der Waals surface area contributed by atoms with Gasteiger partial charge < -0.3 is 10.0 Å². The van der Waals surface area contributed by atoms with Gasteiger partial charge in [0.25, 0.3) is 10.0 Å². The van der Waals surface area contributed by atoms with Crippen LogP contribution in [0.1, 0.15) is 12.5 Å². The van der Waals surface area contributed by atoms with Gasteiger partial charge in [0.2, 0.25) is 0 Å². The largest absolute Gasteiger partial charge is 0.488 e. The Bertz CT molecular complexity index is 796. The van der Waals surface area contributed by atoms with Crippen molar-refractivity contribution in [3.63, 3.8) is 0 Å². The third-order valence-electron chi connectivity index (χ3n) is 3.76. The minimum Gasteiger partial charge on any atom is -0.423 e. The van der Waals surface area contributed by atoms with E-state index in [1.54, 1.807) is 25.1 Å². The zero-order valence-corrected chi connectivity index (χ0v) is 12.7. The van der Waals surface area contributed by atoms with Crippen LogP contribution in [0.25, 0.3) is 0 Å². The summed E-state index contributed by atoms with van der Waals surface area (Å²) in [5.74, 6) is 0.266. The maximum atomic E-state index is 12.8. The molecular formula is C14H15BN2O4S. The number of rotatable bonds is 3. The molecule has 0 spiro atoms. The third kappa shape index (κ3) is 2.29. The fourth-order valence-electron chi connectivity index (χ4n) is 2.78. The number of sulfonamides is 1. The number of benzene rings is 1. The number of hydrogen-bond donors (Lipinski definition) is 2. The first-order valence-electron chi connectivity index (χ1n) is 6.86. The molecule has 6 nitrogen and oxygen atoms in total. The van der Waals surface area contributed by atoms with Crippen LogP contribution in [-0.2, 0) is 16.4 Å². The molecule has 2 N–H and O–H groups in total. The Morgan fingerprint density at radius 2 is 1.91 bits per heavy atom. The first-order valence-corrected chi connectivity index (χ1v) is 8.30. The molecule has 8 heteroatoms. The molecule has 0 amide bonds. The van der Waals surface area contributed by atoms with Gasteiger partial charge in [0.05, 0.1) is 4.90 Å². The van der Waals surface area contributed by atoms with Gasteiger partial charge in [-0.2, -0.15) is 0 Å². The van der Waals surface area contributed by atoms with E-state index in [1.165, 1.54) is 28.7 Å². The maximum absolute atomic E-state index is 12.8. The Morgan fingerprint density at radius 1 is 1.23 bits per heavy atom. The lowest BCUT2D eigenvalue weighted by molar-refractivity contribution is 0.425. The normalized spacial score (nSPS) is 17.4. The van der Waals surface area contributed by atoms with Crippen molar-refractivity contribution in [1.29, 1.82) is 0 Å². The molecule has 1 aromatic heterocycles. The van der Waals surface area contributed by atoms with Crippen LogP contribution in [-0.4, -0.2) is 36.6 Å². The van der Waals surface area contributed by atoms with Crippen molar-refractivity contribution in [2.75, 3.05) is 4.31 Å². The van der Waals surface area contributed by atoms with Crippen LogP contribution >= 0.6 is 0 Å². The summed E-state index contributed by atoms with van der Waals surface area (Å²) < 4.78 is 27.0. The molecule has 1 aliphatic heterocycles. The molecule has 0 fully saturated rings. The molecule has 1 aliphatic rings. The number of hydrogen-bond acceptors (Lipinski definition) is 5. The van der Waals surface area contributed by atoms with E-state index in [9.17, 15) is 18.5 Å². The topological polar surface area (TPSA) is 90.7 Å². The lowest BCUT2D eigenvalue weighted by atomic mass is 9.77. The predicted octanol–water partition coefficient (Wildman–Crippen LogP) is -0.0987. The van der Waals surface area contributed by atoms with E-state index in [1.807, 2.05) is 0 Å². The molecule has 1 atom stereocenters. The second-order valence-corrected chi connectivity index (χ2v) is 7.06. The van der Waals surface area contributed by atoms with Crippen molar-refractivity contribution in [2.45, 2.75) is 24.3 Å². The molecular weight excluding hydrogens is 303 g/mol. The second-order valence-electron chi connectivity index (χ2n) is 5.24. The Hall–Kier alpha value is -1.90. The van der Waals surface area contributed by atoms with E-state index in [4.69, 9.17) is 0 Å². The molecule has 0 aliphatic carbocycles. The minimum atomic E-state index is -3.74. The van der Waals surface area contributed by atoms with E-state index < -0.39 is 17.1 Å². The fourth-order valence-corrected chi connectivity index (χ4v) is 4.44. The number of anilines is 1. The highest BCUT2D eigenvalue weighted by molar-refractivity contribution is 7.92. The number of pyridine rings is 1. The smallest absolute Gasteiger partial charge is 0.423 e. The van der Waals surface area contributed by atoms with Gasteiger partial charge in [-0.15, -0.1) is 0 Å². The van der Waals surface area contributed by atoms with E-state index in [-0.39, 0.29) is 16.8 Å². The maximum Gasteiger partial charge on any atom is 0.488 e. The third-order valence-corrected chi connectivity index (χ3v) is 5.67. The molecule has 114 valence electrons. The molecule has 0 saturated heterocycles. The van der Waals surface area contributed by atoms with E-state index in [0.29, 0.717) is 17.4 Å². The molecule has 3 rings (SSSR count). The van der Waals surface area contributed by atoms with Crippen LogP contribution in [0.5, 0.6) is 0 Å². The summed E-state index contributed by atoms with van der Waals surface area (Å²) in [5.41, 5.74) is 0.854.